The highest BCUT2D eigenvalue weighted by atomic mass is 31.2. The van der Waals surface area contributed by atoms with Crippen LogP contribution < -0.4 is 15.9 Å². The van der Waals surface area contributed by atoms with Gasteiger partial charge in [-0.25, -0.2) is 4.57 Å². The molecule has 5 N–H and O–H groups in total. The lowest BCUT2D eigenvalue weighted by Crippen LogP contribution is -2.46. The third-order valence-electron chi connectivity index (χ3n) is 6.70. The van der Waals surface area contributed by atoms with Gasteiger partial charge in [-0.15, -0.1) is 0 Å². The highest BCUT2D eigenvalue weighted by molar-refractivity contribution is 7.58. The maximum Gasteiger partial charge on any atom is 0.313 e. The summed E-state index contributed by atoms with van der Waals surface area (Å²) in [6, 6.07) is 0. The molecule has 0 saturated carbocycles. The predicted molar refractivity (Wildman–Crippen MR) is 135 cm³/mol. The van der Waals surface area contributed by atoms with Crippen molar-refractivity contribution in [1.82, 2.24) is 14.5 Å². The molecule has 4 rings (SSSR count). The van der Waals surface area contributed by atoms with E-state index >= 15 is 0 Å². The number of aromatic amines is 1. The number of rotatable bonds is 11. The Morgan fingerprint density at radius 1 is 1.21 bits per heavy atom. The van der Waals surface area contributed by atoms with E-state index in [2.05, 4.69) is 16.3 Å². The molecule has 2 aromatic heterocycles. The highest BCUT2D eigenvalue weighted by Gasteiger charge is 2.49. The monoisotopic (exact) mass is 562 g/mol. The van der Waals surface area contributed by atoms with Crippen molar-refractivity contribution in [2.75, 3.05) is 39.8 Å². The number of aryl methyl sites for hydroxylation is 1. The summed E-state index contributed by atoms with van der Waals surface area (Å²) in [6.45, 7) is 3.99. The minimum Gasteiger partial charge on any atom is -0.384 e. The van der Waals surface area contributed by atoms with Gasteiger partial charge in [0.2, 0.25) is 19.3 Å². The Morgan fingerprint density at radius 3 is 2.45 bits per heavy atom. The largest absolute Gasteiger partial charge is 0.384 e. The summed E-state index contributed by atoms with van der Waals surface area (Å²) < 4.78 is 43.0. The summed E-state index contributed by atoms with van der Waals surface area (Å²) in [5.74, 6) is -0.0776. The van der Waals surface area contributed by atoms with Crippen LogP contribution in [0.2, 0.25) is 0 Å². The Bertz CT molecular complexity index is 1220. The second kappa shape index (κ2) is 11.7. The smallest absolute Gasteiger partial charge is 0.313 e. The molecule has 15 nitrogen and oxygen atoms in total. The highest BCUT2D eigenvalue weighted by Crippen LogP contribution is 2.45. The molecule has 4 heterocycles. The molecule has 2 saturated heterocycles. The number of nitrogens with zero attached hydrogens (tertiary/aromatic N) is 3. The van der Waals surface area contributed by atoms with Crippen LogP contribution in [0.1, 0.15) is 20.1 Å². The van der Waals surface area contributed by atoms with Crippen molar-refractivity contribution in [3.8, 4) is 0 Å². The quantitative estimate of drug-likeness (QED) is 0.190. The van der Waals surface area contributed by atoms with Crippen LogP contribution in [0.15, 0.2) is 11.1 Å². The van der Waals surface area contributed by atoms with E-state index < -0.39 is 43.8 Å². The minimum atomic E-state index is -3.57. The van der Waals surface area contributed by atoms with Crippen LogP contribution in [0.25, 0.3) is 11.2 Å². The average Bonchev–Trinajstić information content (AvgIpc) is 3.46. The fourth-order valence-electron chi connectivity index (χ4n) is 5.01. The number of imidazole rings is 1. The molecule has 16 heteroatoms. The number of fused-ring (bicyclic) bond motifs is 1. The maximum atomic E-state index is 12.4. The molecule has 2 aromatic rings. The molecule has 0 aliphatic carbocycles. The second-order valence-electron chi connectivity index (χ2n) is 9.24. The van der Waals surface area contributed by atoms with Crippen LogP contribution in [-0.2, 0) is 39.8 Å². The van der Waals surface area contributed by atoms with E-state index in [1.54, 1.807) is 25.1 Å². The summed E-state index contributed by atoms with van der Waals surface area (Å²) in [5, 5.41) is 11.0. The van der Waals surface area contributed by atoms with Gasteiger partial charge < -0.3 is 48.5 Å². The van der Waals surface area contributed by atoms with Gasteiger partial charge in [0.1, 0.15) is 36.6 Å². The number of anilines is 1. The number of aromatic nitrogens is 4. The van der Waals surface area contributed by atoms with Gasteiger partial charge in [-0.3, -0.25) is 14.3 Å². The number of ether oxygens (including phenoxy) is 5. The summed E-state index contributed by atoms with van der Waals surface area (Å²) in [5.41, 5.74) is 5.77. The van der Waals surface area contributed by atoms with E-state index in [1.165, 1.54) is 11.7 Å². The molecule has 0 amide bonds. The van der Waals surface area contributed by atoms with Crippen LogP contribution in [0, 0.1) is 0 Å². The van der Waals surface area contributed by atoms with Crippen molar-refractivity contribution < 1.29 is 47.3 Å². The summed E-state index contributed by atoms with van der Waals surface area (Å²) in [7, 11) is 1.10. The van der Waals surface area contributed by atoms with Crippen molar-refractivity contribution in [3.63, 3.8) is 0 Å². The molecule has 38 heavy (non-hydrogen) atoms. The Morgan fingerprint density at radius 2 is 1.84 bits per heavy atom. The standard InChI is InChI=1S/C22H36N5O10P/c1-7-33-18-13(36-11(2)16(18)31-4)9-35-38(6,30)34-8-12-17(32-5)15(28)21(37-12)27-10-26(3)14-19(27)24-22(23)25-20(14)29/h10-13,15-18,21,28H,6-9H2,1-5H3,(H3-,23,24,25,29,30)/p+1. The Kier molecular flexibility index (Phi) is 8.94. The molecule has 0 aromatic carbocycles. The normalized spacial score (nSPS) is 33.2. The lowest BCUT2D eigenvalue weighted by molar-refractivity contribution is -0.745. The molecular formula is C22H37N5O10P+. The zero-order valence-electron chi connectivity index (χ0n) is 22.1. The molecule has 214 valence electrons. The van der Waals surface area contributed by atoms with Gasteiger partial charge in [-0.05, 0) is 20.1 Å². The molecule has 9 atom stereocenters. The maximum absolute atomic E-state index is 12.4. The first-order valence-electron chi connectivity index (χ1n) is 12.2. The van der Waals surface area contributed by atoms with Crippen molar-refractivity contribution in [3.05, 3.63) is 16.7 Å². The number of H-pyrrole nitrogens is 1. The van der Waals surface area contributed by atoms with Gasteiger partial charge in [0, 0.05) is 20.8 Å². The number of methoxy groups -OCH3 is 2. The molecule has 2 aliphatic rings. The third-order valence-corrected chi connectivity index (χ3v) is 7.81. The summed E-state index contributed by atoms with van der Waals surface area (Å²) in [4.78, 5) is 29.8. The average molecular weight is 563 g/mol. The van der Waals surface area contributed by atoms with E-state index in [0.29, 0.717) is 6.61 Å². The van der Waals surface area contributed by atoms with E-state index in [0.717, 1.165) is 0 Å². The minimum absolute atomic E-state index is 0.0272. The lowest BCUT2D eigenvalue weighted by atomic mass is 10.1. The van der Waals surface area contributed by atoms with E-state index in [-0.39, 0.29) is 48.6 Å². The number of aliphatic hydroxyl groups excluding tert-OH is 1. The Labute approximate surface area is 219 Å². The fourth-order valence-corrected chi connectivity index (χ4v) is 5.85. The molecule has 9 unspecified atom stereocenters. The SMILES string of the molecule is C=P(O)(OCC1OC([n+]2cn(C)c3c(=O)[nH]c(N)nc32)C(O)C1OC)OCC1OC(C)C(OC)C1OCC. The van der Waals surface area contributed by atoms with Gasteiger partial charge in [-0.2, -0.15) is 0 Å². The molecule has 0 spiro atoms. The number of nitrogens with two attached hydrogens (primary N) is 1. The van der Waals surface area contributed by atoms with Crippen LogP contribution in [-0.4, -0.2) is 108 Å². The molecule has 0 radical (unpaired) electrons. The van der Waals surface area contributed by atoms with Gasteiger partial charge in [0.25, 0.3) is 11.5 Å². The Hall–Kier alpha value is -1.91. The van der Waals surface area contributed by atoms with Crippen molar-refractivity contribution in [2.45, 2.75) is 62.8 Å². The zero-order valence-corrected chi connectivity index (χ0v) is 22.9. The summed E-state index contributed by atoms with van der Waals surface area (Å²) in [6.07, 6.45) is 0.128. The van der Waals surface area contributed by atoms with Crippen LogP contribution >= 0.6 is 7.57 Å². The first-order chi connectivity index (χ1) is 18.0. The molecule has 0 bridgehead atoms. The van der Waals surface area contributed by atoms with Crippen molar-refractivity contribution in [1.29, 1.82) is 0 Å². The summed E-state index contributed by atoms with van der Waals surface area (Å²) >= 11 is 0. The lowest BCUT2D eigenvalue weighted by Gasteiger charge is -2.26. The number of nitrogen functional groups attached to an aromatic ring is 1. The topological polar surface area (TPSA) is 186 Å². The van der Waals surface area contributed by atoms with Crippen molar-refractivity contribution in [2.24, 2.45) is 7.05 Å². The van der Waals surface area contributed by atoms with Crippen LogP contribution in [0.5, 0.6) is 0 Å². The van der Waals surface area contributed by atoms with Crippen LogP contribution in [0.4, 0.5) is 5.95 Å². The van der Waals surface area contributed by atoms with Gasteiger partial charge in [0.05, 0.1) is 26.4 Å². The van der Waals surface area contributed by atoms with Gasteiger partial charge in [-0.1, -0.05) is 4.98 Å². The number of nitrogens with one attached hydrogen (secondary N) is 1. The Balaban J connectivity index is 1.43. The predicted octanol–water partition coefficient (Wildman–Crippen LogP) is -1.17. The first-order valence-corrected chi connectivity index (χ1v) is 13.9. The first kappa shape index (κ1) is 29.1. The zero-order chi connectivity index (χ0) is 27.8. The second-order valence-corrected chi connectivity index (χ2v) is 11.0. The van der Waals surface area contributed by atoms with E-state index in [4.69, 9.17) is 38.5 Å². The third kappa shape index (κ3) is 5.68. The molecular weight excluding hydrogens is 525 g/mol. The van der Waals surface area contributed by atoms with Gasteiger partial charge >= 0.3 is 5.65 Å². The van der Waals surface area contributed by atoms with Gasteiger partial charge in [0.15, 0.2) is 6.33 Å². The van der Waals surface area contributed by atoms with E-state index in [1.807, 2.05) is 13.8 Å². The van der Waals surface area contributed by atoms with Crippen molar-refractivity contribution >= 4 is 31.0 Å². The van der Waals surface area contributed by atoms with E-state index in [9.17, 15) is 14.8 Å². The molecule has 2 aliphatic heterocycles. The van der Waals surface area contributed by atoms with Crippen LogP contribution in [0.3, 0.4) is 0 Å². The number of hydrogen-bond acceptors (Lipinski definition) is 12. The number of hydrogen-bond donors (Lipinski definition) is 4. The number of aliphatic hydroxyl groups is 1. The molecule has 2 fully saturated rings. The fraction of sp³-hybridized carbons (Fsp3) is 0.727.